The van der Waals surface area contributed by atoms with E-state index in [0.717, 1.165) is 28.7 Å². The third-order valence-electron chi connectivity index (χ3n) is 4.50. The second-order valence-electron chi connectivity index (χ2n) is 6.06. The first-order chi connectivity index (χ1) is 12.2. The Hall–Kier alpha value is -3.15. The molecule has 2 heterocycles. The molecule has 6 nitrogen and oxygen atoms in total. The minimum absolute atomic E-state index is 0.0667. The van der Waals surface area contributed by atoms with Crippen LogP contribution in [-0.2, 0) is 16.0 Å². The highest BCUT2D eigenvalue weighted by Crippen LogP contribution is 2.32. The summed E-state index contributed by atoms with van der Waals surface area (Å²) in [5.74, 6) is 0.108. The van der Waals surface area contributed by atoms with Crippen molar-refractivity contribution in [2.75, 3.05) is 10.6 Å². The van der Waals surface area contributed by atoms with E-state index in [1.807, 2.05) is 60.0 Å². The Morgan fingerprint density at radius 1 is 1.20 bits per heavy atom. The van der Waals surface area contributed by atoms with Gasteiger partial charge in [0.05, 0.1) is 17.5 Å². The van der Waals surface area contributed by atoms with Crippen molar-refractivity contribution in [3.63, 3.8) is 0 Å². The zero-order valence-electron chi connectivity index (χ0n) is 13.8. The highest BCUT2D eigenvalue weighted by atomic mass is 16.2. The van der Waals surface area contributed by atoms with Crippen molar-refractivity contribution in [1.82, 2.24) is 9.55 Å². The van der Waals surface area contributed by atoms with Crippen LogP contribution in [0.5, 0.6) is 0 Å². The number of fused-ring (bicyclic) bond motifs is 3. The van der Waals surface area contributed by atoms with E-state index in [4.69, 9.17) is 0 Å². The monoisotopic (exact) mass is 334 g/mol. The number of nitrogens with zero attached hydrogens (tertiary/aromatic N) is 2. The molecular weight excluding hydrogens is 316 g/mol. The maximum atomic E-state index is 12.5. The van der Waals surface area contributed by atoms with Crippen LogP contribution >= 0.6 is 0 Å². The molecule has 25 heavy (non-hydrogen) atoms. The number of rotatable bonds is 4. The molecule has 4 rings (SSSR count). The minimum atomic E-state index is -0.587. The lowest BCUT2D eigenvalue weighted by Gasteiger charge is -2.13. The summed E-state index contributed by atoms with van der Waals surface area (Å²) in [6.45, 7) is 2.04. The summed E-state index contributed by atoms with van der Waals surface area (Å²) in [4.78, 5) is 29.2. The van der Waals surface area contributed by atoms with Gasteiger partial charge in [-0.25, -0.2) is 4.98 Å². The average Bonchev–Trinajstić information content (AvgIpc) is 3.11. The molecule has 6 heteroatoms. The maximum Gasteiger partial charge on any atom is 0.250 e. The number of hydrogen-bond donors (Lipinski definition) is 2. The molecule has 1 atom stereocenters. The van der Waals surface area contributed by atoms with Gasteiger partial charge in [-0.05, 0) is 30.2 Å². The summed E-state index contributed by atoms with van der Waals surface area (Å²) >= 11 is 0. The second kappa shape index (κ2) is 6.05. The molecule has 0 fully saturated rings. The fourth-order valence-corrected chi connectivity index (χ4v) is 3.27. The summed E-state index contributed by atoms with van der Waals surface area (Å²) in [6.07, 6.45) is 0.897. The van der Waals surface area contributed by atoms with Crippen molar-refractivity contribution in [3.8, 4) is 0 Å². The standard InChI is InChI=1S/C19H18N4O2/c1-2-12-7-3-4-8-13(12)20-17(24)11-16-18(25)22-19-21-14-9-5-6-10-15(14)23(16)19/h3-10,16H,2,11H2,1H3,(H,20,24)(H,21,22,25)/t16-/m0/s1. The first-order valence-electron chi connectivity index (χ1n) is 8.33. The molecule has 0 aliphatic carbocycles. The Morgan fingerprint density at radius 2 is 1.96 bits per heavy atom. The highest BCUT2D eigenvalue weighted by molar-refractivity contribution is 6.03. The van der Waals surface area contributed by atoms with Gasteiger partial charge in [0.2, 0.25) is 17.8 Å². The largest absolute Gasteiger partial charge is 0.326 e. The van der Waals surface area contributed by atoms with Crippen LogP contribution in [0.2, 0.25) is 0 Å². The molecule has 3 aromatic rings. The summed E-state index contributed by atoms with van der Waals surface area (Å²) in [6, 6.07) is 14.7. The van der Waals surface area contributed by atoms with Gasteiger partial charge in [0.25, 0.3) is 0 Å². The number of nitrogens with one attached hydrogen (secondary N) is 2. The Labute approximate surface area is 144 Å². The number of anilines is 2. The van der Waals surface area contributed by atoms with E-state index in [0.29, 0.717) is 5.95 Å². The zero-order chi connectivity index (χ0) is 17.4. The summed E-state index contributed by atoms with van der Waals surface area (Å²) < 4.78 is 1.81. The number of aromatic nitrogens is 2. The lowest BCUT2D eigenvalue weighted by Crippen LogP contribution is -2.23. The first kappa shape index (κ1) is 15.4. The van der Waals surface area contributed by atoms with Crippen molar-refractivity contribution in [2.45, 2.75) is 25.8 Å². The number of benzene rings is 2. The molecule has 0 radical (unpaired) electrons. The molecule has 2 N–H and O–H groups in total. The Balaban J connectivity index is 1.59. The van der Waals surface area contributed by atoms with Crippen LogP contribution in [0.25, 0.3) is 11.0 Å². The summed E-state index contributed by atoms with van der Waals surface area (Å²) in [5.41, 5.74) is 3.52. The van der Waals surface area contributed by atoms with Gasteiger partial charge in [-0.2, -0.15) is 0 Å². The van der Waals surface area contributed by atoms with Gasteiger partial charge in [-0.1, -0.05) is 37.3 Å². The maximum absolute atomic E-state index is 12.5. The van der Waals surface area contributed by atoms with E-state index in [1.54, 1.807) is 0 Å². The Kier molecular flexibility index (Phi) is 3.72. The first-order valence-corrected chi connectivity index (χ1v) is 8.33. The van der Waals surface area contributed by atoms with Crippen molar-refractivity contribution in [2.24, 2.45) is 0 Å². The SMILES string of the molecule is CCc1ccccc1NC(=O)C[C@H]1C(=O)Nc2nc3ccccc3n21. The van der Waals surface area contributed by atoms with Crippen molar-refractivity contribution in [1.29, 1.82) is 0 Å². The number of imidazole rings is 1. The van der Waals surface area contributed by atoms with Gasteiger partial charge >= 0.3 is 0 Å². The summed E-state index contributed by atoms with van der Waals surface area (Å²) in [7, 11) is 0. The molecule has 0 spiro atoms. The number of carbonyl (C=O) groups is 2. The topological polar surface area (TPSA) is 76.0 Å². The molecule has 1 aliphatic heterocycles. The van der Waals surface area contributed by atoms with E-state index in [-0.39, 0.29) is 18.2 Å². The van der Waals surface area contributed by atoms with Gasteiger partial charge < -0.3 is 5.32 Å². The predicted molar refractivity (Wildman–Crippen MR) is 96.5 cm³/mol. The van der Waals surface area contributed by atoms with Crippen molar-refractivity contribution >= 4 is 34.5 Å². The van der Waals surface area contributed by atoms with Crippen LogP contribution < -0.4 is 10.6 Å². The molecule has 0 bridgehead atoms. The molecular formula is C19H18N4O2. The lowest BCUT2D eigenvalue weighted by atomic mass is 10.1. The molecule has 126 valence electrons. The van der Waals surface area contributed by atoms with Gasteiger partial charge in [-0.3, -0.25) is 19.5 Å². The molecule has 0 unspecified atom stereocenters. The third-order valence-corrected chi connectivity index (χ3v) is 4.50. The Morgan fingerprint density at radius 3 is 2.80 bits per heavy atom. The van der Waals surface area contributed by atoms with Gasteiger partial charge in [0, 0.05) is 5.69 Å². The van der Waals surface area contributed by atoms with Crippen LogP contribution in [0.4, 0.5) is 11.6 Å². The van der Waals surface area contributed by atoms with E-state index >= 15 is 0 Å². The lowest BCUT2D eigenvalue weighted by molar-refractivity contribution is -0.123. The van der Waals surface area contributed by atoms with Gasteiger partial charge in [-0.15, -0.1) is 0 Å². The normalized spacial score (nSPS) is 15.9. The fraction of sp³-hybridized carbons (Fsp3) is 0.211. The molecule has 0 saturated heterocycles. The third kappa shape index (κ3) is 2.65. The average molecular weight is 334 g/mol. The van der Waals surface area contributed by atoms with Crippen molar-refractivity contribution < 1.29 is 9.59 Å². The number of para-hydroxylation sites is 3. The van der Waals surface area contributed by atoms with Crippen molar-refractivity contribution in [3.05, 3.63) is 54.1 Å². The van der Waals surface area contributed by atoms with Gasteiger partial charge in [0.1, 0.15) is 6.04 Å². The van der Waals surface area contributed by atoms with Crippen LogP contribution in [0.15, 0.2) is 48.5 Å². The summed E-state index contributed by atoms with van der Waals surface area (Å²) in [5, 5.41) is 5.69. The van der Waals surface area contributed by atoms with Gasteiger partial charge in [0.15, 0.2) is 0 Å². The quantitative estimate of drug-likeness (QED) is 0.770. The van der Waals surface area contributed by atoms with E-state index in [2.05, 4.69) is 15.6 Å². The smallest absolute Gasteiger partial charge is 0.250 e. The van der Waals surface area contributed by atoms with Crippen LogP contribution in [0, 0.1) is 0 Å². The highest BCUT2D eigenvalue weighted by Gasteiger charge is 2.34. The predicted octanol–water partition coefficient (Wildman–Crippen LogP) is 3.12. The van der Waals surface area contributed by atoms with E-state index in [9.17, 15) is 9.59 Å². The van der Waals surface area contributed by atoms with E-state index in [1.165, 1.54) is 0 Å². The zero-order valence-corrected chi connectivity index (χ0v) is 13.8. The van der Waals surface area contributed by atoms with Crippen LogP contribution in [0.1, 0.15) is 24.9 Å². The molecule has 0 saturated carbocycles. The Bertz CT molecular complexity index is 976. The molecule has 2 aromatic carbocycles. The molecule has 2 amide bonds. The minimum Gasteiger partial charge on any atom is -0.326 e. The molecule has 1 aromatic heterocycles. The van der Waals surface area contributed by atoms with E-state index < -0.39 is 6.04 Å². The number of hydrogen-bond acceptors (Lipinski definition) is 3. The number of carbonyl (C=O) groups excluding carboxylic acids is 2. The van der Waals surface area contributed by atoms with Crippen LogP contribution in [-0.4, -0.2) is 21.4 Å². The second-order valence-corrected chi connectivity index (χ2v) is 6.06. The molecule has 1 aliphatic rings. The number of aryl methyl sites for hydroxylation is 1. The number of amides is 2. The van der Waals surface area contributed by atoms with Crippen LogP contribution in [0.3, 0.4) is 0 Å². The fourth-order valence-electron chi connectivity index (χ4n) is 3.27.